The smallest absolute Gasteiger partial charge is 0.408 e. The van der Waals surface area contributed by atoms with Crippen LogP contribution in [0.3, 0.4) is 0 Å². The molecule has 0 saturated carbocycles. The largest absolute Gasteiger partial charge is 0.444 e. The van der Waals surface area contributed by atoms with Gasteiger partial charge < -0.3 is 19.2 Å². The molecule has 0 aliphatic rings. The molecular formula is C22H27Br2NO6. The van der Waals surface area contributed by atoms with Gasteiger partial charge in [0.15, 0.2) is 0 Å². The van der Waals surface area contributed by atoms with Crippen LogP contribution in [0.4, 0.5) is 4.79 Å². The number of rotatable bonds is 6. The number of alkyl carbamates (subject to hydrolysis) is 1. The first-order valence-electron chi connectivity index (χ1n) is 9.80. The van der Waals surface area contributed by atoms with Gasteiger partial charge in [-0.1, -0.05) is 31.9 Å². The Morgan fingerprint density at radius 2 is 1.87 bits per heavy atom. The van der Waals surface area contributed by atoms with Gasteiger partial charge in [0, 0.05) is 27.2 Å². The first-order chi connectivity index (χ1) is 14.3. The van der Waals surface area contributed by atoms with E-state index in [1.807, 2.05) is 13.0 Å². The molecule has 0 saturated heterocycles. The Labute approximate surface area is 198 Å². The number of halogens is 2. The Bertz CT molecular complexity index is 1040. The van der Waals surface area contributed by atoms with Crippen molar-refractivity contribution in [3.05, 3.63) is 39.2 Å². The highest BCUT2D eigenvalue weighted by Gasteiger charge is 2.25. The maximum absolute atomic E-state index is 12.7. The van der Waals surface area contributed by atoms with Gasteiger partial charge in [0.25, 0.3) is 0 Å². The predicted molar refractivity (Wildman–Crippen MR) is 127 cm³/mol. The summed E-state index contributed by atoms with van der Waals surface area (Å²) in [5.41, 5.74) is 1.30. The van der Waals surface area contributed by atoms with E-state index < -0.39 is 29.3 Å². The molecule has 2 rings (SSSR count). The van der Waals surface area contributed by atoms with Crippen molar-refractivity contribution in [1.29, 1.82) is 0 Å². The highest BCUT2D eigenvalue weighted by molar-refractivity contribution is 9.12. The average Bonchev–Trinajstić information content (AvgIpc) is 2.63. The van der Waals surface area contributed by atoms with Crippen molar-refractivity contribution in [2.45, 2.75) is 64.4 Å². The molecule has 0 aliphatic carbocycles. The molecule has 1 aromatic heterocycles. The molecule has 9 heteroatoms. The fraction of sp³-hybridized carbons (Fsp3) is 0.500. The van der Waals surface area contributed by atoms with Gasteiger partial charge >= 0.3 is 17.7 Å². The van der Waals surface area contributed by atoms with Gasteiger partial charge in [-0.15, -0.1) is 0 Å². The molecule has 0 bridgehead atoms. The number of carbonyl (C=O) groups is 2. The van der Waals surface area contributed by atoms with Crippen LogP contribution in [-0.2, 0) is 16.0 Å². The van der Waals surface area contributed by atoms with E-state index in [0.717, 1.165) is 16.5 Å². The third-order valence-electron chi connectivity index (χ3n) is 4.40. The van der Waals surface area contributed by atoms with E-state index >= 15 is 0 Å². The van der Waals surface area contributed by atoms with Crippen LogP contribution < -0.4 is 15.7 Å². The second-order valence-electron chi connectivity index (χ2n) is 8.36. The normalized spacial score (nSPS) is 13.5. The van der Waals surface area contributed by atoms with Crippen LogP contribution in [0.25, 0.3) is 11.0 Å². The second-order valence-corrected chi connectivity index (χ2v) is 10.3. The number of carbonyl (C=O) groups excluding carboxylic acids is 2. The first-order valence-corrected chi connectivity index (χ1v) is 11.8. The minimum atomic E-state index is -0.946. The molecule has 1 heterocycles. The van der Waals surface area contributed by atoms with Crippen molar-refractivity contribution in [1.82, 2.24) is 5.32 Å². The summed E-state index contributed by atoms with van der Waals surface area (Å²) in [6, 6.07) is 2.35. The summed E-state index contributed by atoms with van der Waals surface area (Å²) in [4.78, 5) is 36.7. The van der Waals surface area contributed by atoms with E-state index in [1.165, 1.54) is 13.0 Å². The molecule has 0 spiro atoms. The standard InChI is InChI=1S/C22H27Br2NO6/c1-11-7-17(26)29-19-12(2)18(14(9-16(11)19)8-15(24)10-23)30-20(27)13(3)25-21(28)31-22(4,5)6/h7,9,13,15H,8,10H2,1-6H3,(H,25,28)/t13-,15-/m0/s1. The molecular weight excluding hydrogens is 534 g/mol. The number of amides is 1. The monoisotopic (exact) mass is 559 g/mol. The topological polar surface area (TPSA) is 94.8 Å². The van der Waals surface area contributed by atoms with Crippen LogP contribution in [-0.4, -0.2) is 33.9 Å². The molecule has 0 radical (unpaired) electrons. The summed E-state index contributed by atoms with van der Waals surface area (Å²) >= 11 is 7.03. The van der Waals surface area contributed by atoms with Gasteiger partial charge in [0.2, 0.25) is 0 Å². The molecule has 0 fully saturated rings. The zero-order chi connectivity index (χ0) is 23.5. The van der Waals surface area contributed by atoms with Gasteiger partial charge in [-0.25, -0.2) is 14.4 Å². The van der Waals surface area contributed by atoms with E-state index in [0.29, 0.717) is 28.6 Å². The number of hydrogen-bond acceptors (Lipinski definition) is 6. The fourth-order valence-electron chi connectivity index (χ4n) is 2.98. The number of alkyl halides is 2. The molecule has 1 amide bonds. The molecule has 0 aliphatic heterocycles. The molecule has 170 valence electrons. The molecule has 1 aromatic carbocycles. The Hall–Kier alpha value is -1.87. The van der Waals surface area contributed by atoms with Crippen LogP contribution in [0.1, 0.15) is 44.4 Å². The Morgan fingerprint density at radius 3 is 2.45 bits per heavy atom. The van der Waals surface area contributed by atoms with Gasteiger partial charge in [-0.05, 0) is 65.2 Å². The number of hydrogen-bond donors (Lipinski definition) is 1. The SMILES string of the molecule is Cc1cc(=O)oc2c(C)c(OC(=O)[C@H](C)NC(=O)OC(C)(C)C)c(C[C@H](Br)CBr)cc12. The summed E-state index contributed by atoms with van der Waals surface area (Å²) < 4.78 is 16.3. The van der Waals surface area contributed by atoms with Crippen LogP contribution in [0.2, 0.25) is 0 Å². The van der Waals surface area contributed by atoms with Crippen molar-refractivity contribution >= 4 is 54.9 Å². The number of aryl methyl sites for hydroxylation is 2. The third-order valence-corrected chi connectivity index (χ3v) is 6.69. The maximum Gasteiger partial charge on any atom is 0.408 e. The van der Waals surface area contributed by atoms with Crippen LogP contribution in [0.5, 0.6) is 5.75 Å². The van der Waals surface area contributed by atoms with Crippen molar-refractivity contribution in [2.24, 2.45) is 0 Å². The van der Waals surface area contributed by atoms with Gasteiger partial charge in [-0.2, -0.15) is 0 Å². The van der Waals surface area contributed by atoms with Crippen molar-refractivity contribution in [3.8, 4) is 5.75 Å². The molecule has 7 nitrogen and oxygen atoms in total. The number of nitrogens with one attached hydrogen (secondary N) is 1. The quantitative estimate of drug-likeness (QED) is 0.233. The van der Waals surface area contributed by atoms with Crippen LogP contribution in [0, 0.1) is 13.8 Å². The van der Waals surface area contributed by atoms with E-state index in [1.54, 1.807) is 27.7 Å². The van der Waals surface area contributed by atoms with E-state index in [-0.39, 0.29) is 4.83 Å². The lowest BCUT2D eigenvalue weighted by Crippen LogP contribution is -2.43. The molecule has 31 heavy (non-hydrogen) atoms. The Morgan fingerprint density at radius 1 is 1.23 bits per heavy atom. The van der Waals surface area contributed by atoms with E-state index in [4.69, 9.17) is 13.9 Å². The van der Waals surface area contributed by atoms with Crippen molar-refractivity contribution in [2.75, 3.05) is 5.33 Å². The van der Waals surface area contributed by atoms with Gasteiger partial charge in [-0.3, -0.25) is 0 Å². The zero-order valence-electron chi connectivity index (χ0n) is 18.4. The maximum atomic E-state index is 12.7. The minimum Gasteiger partial charge on any atom is -0.444 e. The van der Waals surface area contributed by atoms with Crippen molar-refractivity contribution in [3.63, 3.8) is 0 Å². The predicted octanol–water partition coefficient (Wildman–Crippen LogP) is 4.93. The average molecular weight is 561 g/mol. The molecule has 2 atom stereocenters. The lowest BCUT2D eigenvalue weighted by Gasteiger charge is -2.22. The third kappa shape index (κ3) is 6.80. The van der Waals surface area contributed by atoms with E-state index in [2.05, 4.69) is 37.2 Å². The van der Waals surface area contributed by atoms with Crippen LogP contribution in [0.15, 0.2) is 21.3 Å². The summed E-state index contributed by atoms with van der Waals surface area (Å²) in [7, 11) is 0. The Kier molecular flexibility index (Phi) is 8.33. The number of ether oxygens (including phenoxy) is 2. The van der Waals surface area contributed by atoms with Crippen molar-refractivity contribution < 1.29 is 23.5 Å². The lowest BCUT2D eigenvalue weighted by atomic mass is 9.99. The lowest BCUT2D eigenvalue weighted by molar-refractivity contribution is -0.136. The summed E-state index contributed by atoms with van der Waals surface area (Å²) in [5.74, 6) is -0.344. The van der Waals surface area contributed by atoms with Gasteiger partial charge in [0.1, 0.15) is 23.0 Å². The second kappa shape index (κ2) is 10.2. The molecule has 0 unspecified atom stereocenters. The minimum absolute atomic E-state index is 0.0927. The molecule has 1 N–H and O–H groups in total. The van der Waals surface area contributed by atoms with E-state index in [9.17, 15) is 14.4 Å². The number of benzene rings is 1. The fourth-order valence-corrected chi connectivity index (χ4v) is 3.56. The Balaban J connectivity index is 2.41. The number of esters is 1. The zero-order valence-corrected chi connectivity index (χ0v) is 21.6. The molecule has 2 aromatic rings. The first kappa shape index (κ1) is 25.4. The number of fused-ring (bicyclic) bond motifs is 1. The summed E-state index contributed by atoms with van der Waals surface area (Å²) in [5, 5.41) is 3.95. The summed E-state index contributed by atoms with van der Waals surface area (Å²) in [6.45, 7) is 10.3. The summed E-state index contributed by atoms with van der Waals surface area (Å²) in [6.07, 6.45) is -0.147. The van der Waals surface area contributed by atoms with Crippen LogP contribution >= 0.6 is 31.9 Å². The highest BCUT2D eigenvalue weighted by Crippen LogP contribution is 2.34. The van der Waals surface area contributed by atoms with Gasteiger partial charge in [0.05, 0.1) is 0 Å². The highest BCUT2D eigenvalue weighted by atomic mass is 79.9.